The van der Waals surface area contributed by atoms with Crippen molar-refractivity contribution in [3.8, 4) is 0 Å². The molecule has 118 valence electrons. The van der Waals surface area contributed by atoms with Crippen LogP contribution in [0, 0.1) is 23.7 Å². The highest BCUT2D eigenvalue weighted by molar-refractivity contribution is 5.84. The smallest absolute Gasteiger partial charge is 0.306 e. The molecule has 0 bridgehead atoms. The van der Waals surface area contributed by atoms with E-state index in [1.165, 1.54) is 7.11 Å². The molecule has 3 atom stereocenters. The molecule has 0 aliphatic carbocycles. The lowest BCUT2D eigenvalue weighted by Crippen LogP contribution is -2.46. The largest absolute Gasteiger partial charge is 0.469 e. The lowest BCUT2D eigenvalue weighted by Gasteiger charge is -2.30. The number of carbonyl (C=O) groups is 2. The lowest BCUT2D eigenvalue weighted by atomic mass is 9.87. The zero-order chi connectivity index (χ0) is 15.9. The fourth-order valence-electron chi connectivity index (χ4n) is 2.39. The van der Waals surface area contributed by atoms with E-state index in [2.05, 4.69) is 37.7 Å². The van der Waals surface area contributed by atoms with Crippen LogP contribution in [-0.4, -0.2) is 25.0 Å². The maximum absolute atomic E-state index is 12.5. The minimum absolute atomic E-state index is 0.0376. The van der Waals surface area contributed by atoms with Gasteiger partial charge in [0.2, 0.25) is 5.91 Å². The minimum Gasteiger partial charge on any atom is -0.469 e. The summed E-state index contributed by atoms with van der Waals surface area (Å²) >= 11 is 0. The second kappa shape index (κ2) is 8.98. The van der Waals surface area contributed by atoms with Gasteiger partial charge in [0.15, 0.2) is 0 Å². The number of rotatable bonds is 8. The summed E-state index contributed by atoms with van der Waals surface area (Å²) in [4.78, 5) is 23.9. The molecule has 0 saturated heterocycles. The van der Waals surface area contributed by atoms with E-state index in [1.54, 1.807) is 0 Å². The molecule has 0 rings (SSSR count). The van der Waals surface area contributed by atoms with Crippen LogP contribution >= 0.6 is 0 Å². The van der Waals surface area contributed by atoms with Crippen molar-refractivity contribution >= 4 is 11.9 Å². The first-order valence-corrected chi connectivity index (χ1v) is 7.61. The summed E-state index contributed by atoms with van der Waals surface area (Å²) in [6.07, 6.45) is 1.16. The van der Waals surface area contributed by atoms with Gasteiger partial charge in [-0.2, -0.15) is 0 Å². The summed E-state index contributed by atoms with van der Waals surface area (Å²) in [5.41, 5.74) is 0. The molecule has 20 heavy (non-hydrogen) atoms. The van der Waals surface area contributed by atoms with Gasteiger partial charge in [-0.05, 0) is 17.8 Å². The van der Waals surface area contributed by atoms with E-state index in [4.69, 9.17) is 0 Å². The zero-order valence-electron chi connectivity index (χ0n) is 14.0. The molecule has 0 aromatic heterocycles. The molecule has 0 aliphatic rings. The highest BCUT2D eigenvalue weighted by Crippen LogP contribution is 2.20. The highest BCUT2D eigenvalue weighted by atomic mass is 16.5. The Morgan fingerprint density at radius 3 is 1.95 bits per heavy atom. The number of ether oxygens (including phenoxy) is 1. The van der Waals surface area contributed by atoms with Gasteiger partial charge in [0.05, 0.1) is 19.4 Å². The van der Waals surface area contributed by atoms with Crippen LogP contribution < -0.4 is 5.32 Å². The van der Waals surface area contributed by atoms with Crippen LogP contribution in [0.2, 0.25) is 0 Å². The van der Waals surface area contributed by atoms with E-state index in [9.17, 15) is 9.59 Å². The number of hydrogen-bond donors (Lipinski definition) is 1. The van der Waals surface area contributed by atoms with Crippen molar-refractivity contribution in [2.75, 3.05) is 7.11 Å². The number of methoxy groups -OCH3 is 1. The molecule has 0 fully saturated rings. The molecule has 1 N–H and O–H groups in total. The molecule has 0 aromatic carbocycles. The van der Waals surface area contributed by atoms with Crippen molar-refractivity contribution in [3.05, 3.63) is 0 Å². The first-order chi connectivity index (χ1) is 9.24. The molecule has 0 aromatic rings. The van der Waals surface area contributed by atoms with Crippen LogP contribution in [-0.2, 0) is 14.3 Å². The normalized spacial score (nSPS) is 15.8. The van der Waals surface area contributed by atoms with E-state index in [0.717, 1.165) is 6.42 Å². The molecule has 0 saturated carbocycles. The topological polar surface area (TPSA) is 55.4 Å². The quantitative estimate of drug-likeness (QED) is 0.697. The van der Waals surface area contributed by atoms with Gasteiger partial charge in [0.1, 0.15) is 0 Å². The molecule has 0 radical (unpaired) electrons. The van der Waals surface area contributed by atoms with Gasteiger partial charge >= 0.3 is 5.97 Å². The van der Waals surface area contributed by atoms with E-state index in [1.807, 2.05) is 13.8 Å². The fourth-order valence-corrected chi connectivity index (χ4v) is 2.39. The van der Waals surface area contributed by atoms with Crippen LogP contribution in [0.25, 0.3) is 0 Å². The van der Waals surface area contributed by atoms with Gasteiger partial charge in [-0.3, -0.25) is 9.59 Å². The third-order valence-electron chi connectivity index (χ3n) is 4.04. The van der Waals surface area contributed by atoms with Crippen LogP contribution in [0.5, 0.6) is 0 Å². The maximum Gasteiger partial charge on any atom is 0.306 e. The first kappa shape index (κ1) is 18.9. The van der Waals surface area contributed by atoms with Crippen molar-refractivity contribution in [1.29, 1.82) is 0 Å². The Morgan fingerprint density at radius 2 is 1.60 bits per heavy atom. The minimum atomic E-state index is -0.330. The summed E-state index contributed by atoms with van der Waals surface area (Å²) in [6, 6.07) is 0.145. The molecule has 0 aliphatic heterocycles. The number of carbonyl (C=O) groups excluding carboxylic acids is 2. The van der Waals surface area contributed by atoms with Crippen LogP contribution in [0.3, 0.4) is 0 Å². The van der Waals surface area contributed by atoms with E-state index in [-0.39, 0.29) is 36.2 Å². The molecular formula is C16H31NO3. The Bertz CT molecular complexity index is 313. The standard InChI is InChI=1S/C16H31NO3/c1-8-12(6)15(11(4)5)17-16(19)13(10(2)3)9-14(18)20-7/h10-13,15H,8-9H2,1-7H3,(H,17,19)/t12?,13-,15+/m0/s1. The predicted molar refractivity (Wildman–Crippen MR) is 81.2 cm³/mol. The molecule has 1 amide bonds. The molecule has 4 nitrogen and oxygen atoms in total. The monoisotopic (exact) mass is 285 g/mol. The Balaban J connectivity index is 4.84. The Hall–Kier alpha value is -1.06. The first-order valence-electron chi connectivity index (χ1n) is 7.61. The third-order valence-corrected chi connectivity index (χ3v) is 4.04. The number of nitrogens with one attached hydrogen (secondary N) is 1. The highest BCUT2D eigenvalue weighted by Gasteiger charge is 2.29. The molecule has 1 unspecified atom stereocenters. The summed E-state index contributed by atoms with van der Waals surface area (Å²) in [5.74, 6) is 0.212. The Morgan fingerprint density at radius 1 is 1.05 bits per heavy atom. The number of esters is 1. The summed E-state index contributed by atoms with van der Waals surface area (Å²) < 4.78 is 4.68. The molecule has 0 heterocycles. The summed E-state index contributed by atoms with van der Waals surface area (Å²) in [6.45, 7) is 12.4. The van der Waals surface area contributed by atoms with Crippen LogP contribution in [0.15, 0.2) is 0 Å². The second-order valence-corrected chi connectivity index (χ2v) is 6.29. The van der Waals surface area contributed by atoms with E-state index >= 15 is 0 Å². The van der Waals surface area contributed by atoms with Gasteiger partial charge in [-0.15, -0.1) is 0 Å². The van der Waals surface area contributed by atoms with Gasteiger partial charge in [0, 0.05) is 6.04 Å². The lowest BCUT2D eigenvalue weighted by molar-refractivity contribution is -0.145. The van der Waals surface area contributed by atoms with Crippen LogP contribution in [0.1, 0.15) is 54.4 Å². The molecular weight excluding hydrogens is 254 g/mol. The number of hydrogen-bond acceptors (Lipinski definition) is 3. The third kappa shape index (κ3) is 5.93. The van der Waals surface area contributed by atoms with Gasteiger partial charge in [0.25, 0.3) is 0 Å². The molecule has 4 heteroatoms. The Labute approximate surface area is 123 Å². The van der Waals surface area contributed by atoms with Gasteiger partial charge in [-0.25, -0.2) is 0 Å². The number of amides is 1. The fraction of sp³-hybridized carbons (Fsp3) is 0.875. The zero-order valence-corrected chi connectivity index (χ0v) is 14.0. The average molecular weight is 285 g/mol. The summed E-state index contributed by atoms with van der Waals surface area (Å²) in [5, 5.41) is 3.13. The van der Waals surface area contributed by atoms with E-state index < -0.39 is 0 Å². The maximum atomic E-state index is 12.5. The van der Waals surface area contributed by atoms with Crippen molar-refractivity contribution in [3.63, 3.8) is 0 Å². The predicted octanol–water partition coefficient (Wildman–Crippen LogP) is 3.01. The van der Waals surface area contributed by atoms with Crippen molar-refractivity contribution in [2.24, 2.45) is 23.7 Å². The molecule has 0 spiro atoms. The van der Waals surface area contributed by atoms with E-state index in [0.29, 0.717) is 11.8 Å². The van der Waals surface area contributed by atoms with Crippen molar-refractivity contribution in [1.82, 2.24) is 5.32 Å². The Kier molecular flexibility index (Phi) is 8.51. The average Bonchev–Trinajstić information content (AvgIpc) is 2.39. The SMILES string of the molecule is CCC(C)[C@H](NC(=O)[C@@H](CC(=O)OC)C(C)C)C(C)C. The van der Waals surface area contributed by atoms with Crippen LogP contribution in [0.4, 0.5) is 0 Å². The van der Waals surface area contributed by atoms with Gasteiger partial charge in [-0.1, -0.05) is 48.0 Å². The summed E-state index contributed by atoms with van der Waals surface area (Å²) in [7, 11) is 1.35. The van der Waals surface area contributed by atoms with Crippen molar-refractivity contribution < 1.29 is 14.3 Å². The second-order valence-electron chi connectivity index (χ2n) is 6.29. The van der Waals surface area contributed by atoms with Crippen molar-refractivity contribution in [2.45, 2.75) is 60.4 Å². The van der Waals surface area contributed by atoms with Gasteiger partial charge < -0.3 is 10.1 Å².